The summed E-state index contributed by atoms with van der Waals surface area (Å²) in [7, 11) is 0. The molecule has 5 nitrogen and oxygen atoms in total. The number of nitrogens with one attached hydrogen (secondary N) is 1. The standard InChI is InChI=1S/C19H16FN3O2S/c20-10-3-4-12-14(8-10)15-13(5-6-21-18(15)25)17-16(12)22-19(26-17)23-7-1-2-11(23)9-24/h3-6,8,11,24H,1-2,7,9H2,(H,21,25)/t11-/m1/s1. The molecule has 132 valence electrons. The first kappa shape index (κ1) is 15.7. The van der Waals surface area contributed by atoms with Crippen molar-refractivity contribution in [3.05, 3.63) is 46.6 Å². The van der Waals surface area contributed by atoms with Crippen LogP contribution in [0.1, 0.15) is 12.8 Å². The van der Waals surface area contributed by atoms with Gasteiger partial charge in [0, 0.05) is 28.9 Å². The lowest BCUT2D eigenvalue weighted by atomic mass is 10.0. The minimum Gasteiger partial charge on any atom is -0.394 e. The largest absolute Gasteiger partial charge is 0.394 e. The SMILES string of the molecule is O=c1[nH]ccc2c3sc(N4CCC[C@@H]4CO)nc3c3ccc(F)cc3c12. The van der Waals surface area contributed by atoms with Crippen molar-refractivity contribution < 1.29 is 9.50 Å². The van der Waals surface area contributed by atoms with Gasteiger partial charge in [0.25, 0.3) is 5.56 Å². The third kappa shape index (κ3) is 2.17. The van der Waals surface area contributed by atoms with Gasteiger partial charge in [-0.1, -0.05) is 11.3 Å². The normalized spacial score (nSPS) is 17.8. The molecule has 0 unspecified atom stereocenters. The number of anilines is 1. The highest BCUT2D eigenvalue weighted by atomic mass is 32.1. The molecule has 1 fully saturated rings. The summed E-state index contributed by atoms with van der Waals surface area (Å²) in [5, 5.41) is 13.1. The number of rotatable bonds is 2. The third-order valence-corrected chi connectivity index (χ3v) is 6.29. The Kier molecular flexibility index (Phi) is 3.48. The zero-order chi connectivity index (χ0) is 17.8. The number of pyridine rings is 1. The van der Waals surface area contributed by atoms with Gasteiger partial charge in [0.05, 0.1) is 28.3 Å². The molecule has 1 aliphatic heterocycles. The number of halogens is 1. The summed E-state index contributed by atoms with van der Waals surface area (Å²) < 4.78 is 14.8. The van der Waals surface area contributed by atoms with Gasteiger partial charge in [-0.3, -0.25) is 4.79 Å². The lowest BCUT2D eigenvalue weighted by Gasteiger charge is -2.21. The monoisotopic (exact) mass is 369 g/mol. The van der Waals surface area contributed by atoms with Crippen LogP contribution in [0.4, 0.5) is 9.52 Å². The second-order valence-electron chi connectivity index (χ2n) is 6.63. The number of nitrogens with zero attached hydrogens (tertiary/aromatic N) is 2. The van der Waals surface area contributed by atoms with Crippen LogP contribution in [-0.4, -0.2) is 34.3 Å². The minimum atomic E-state index is -0.378. The predicted octanol–water partition coefficient (Wildman–Crippen LogP) is 3.39. The quantitative estimate of drug-likeness (QED) is 0.532. The van der Waals surface area contributed by atoms with Gasteiger partial charge in [-0.15, -0.1) is 0 Å². The Hall–Kier alpha value is -2.51. The number of fused-ring (bicyclic) bond motifs is 6. The maximum atomic E-state index is 13.9. The van der Waals surface area contributed by atoms with Crippen molar-refractivity contribution >= 4 is 48.2 Å². The number of aliphatic hydroxyl groups excluding tert-OH is 1. The molecule has 1 aliphatic rings. The maximum absolute atomic E-state index is 13.9. The summed E-state index contributed by atoms with van der Waals surface area (Å²) in [6.45, 7) is 0.957. The number of H-pyrrole nitrogens is 1. The maximum Gasteiger partial charge on any atom is 0.256 e. The molecule has 0 aliphatic carbocycles. The van der Waals surface area contributed by atoms with Crippen molar-refractivity contribution in [2.75, 3.05) is 18.1 Å². The Morgan fingerprint density at radius 2 is 2.19 bits per heavy atom. The summed E-state index contributed by atoms with van der Waals surface area (Å²) in [5.74, 6) is -0.378. The van der Waals surface area contributed by atoms with E-state index in [-0.39, 0.29) is 24.0 Å². The Morgan fingerprint density at radius 3 is 3.04 bits per heavy atom. The number of hydrogen-bond acceptors (Lipinski definition) is 5. The predicted molar refractivity (Wildman–Crippen MR) is 103 cm³/mol. The molecule has 0 saturated carbocycles. The van der Waals surface area contributed by atoms with Crippen molar-refractivity contribution in [3.8, 4) is 0 Å². The molecule has 26 heavy (non-hydrogen) atoms. The van der Waals surface area contributed by atoms with E-state index in [1.807, 2.05) is 6.07 Å². The molecule has 2 N–H and O–H groups in total. The van der Waals surface area contributed by atoms with E-state index in [4.69, 9.17) is 4.98 Å². The van der Waals surface area contributed by atoms with Gasteiger partial charge in [0.1, 0.15) is 5.82 Å². The molecule has 2 aromatic carbocycles. The zero-order valence-electron chi connectivity index (χ0n) is 13.8. The Bertz CT molecular complexity index is 1220. The zero-order valence-corrected chi connectivity index (χ0v) is 14.6. The van der Waals surface area contributed by atoms with Crippen molar-refractivity contribution in [2.45, 2.75) is 18.9 Å². The molecule has 1 saturated heterocycles. The highest BCUT2D eigenvalue weighted by molar-refractivity contribution is 7.23. The molecule has 3 heterocycles. The van der Waals surface area contributed by atoms with Crippen molar-refractivity contribution in [3.63, 3.8) is 0 Å². The number of aromatic amines is 1. The molecule has 4 aromatic rings. The Morgan fingerprint density at radius 1 is 1.31 bits per heavy atom. The van der Waals surface area contributed by atoms with Gasteiger partial charge in [0.2, 0.25) is 0 Å². The topological polar surface area (TPSA) is 69.2 Å². The van der Waals surface area contributed by atoms with Gasteiger partial charge < -0.3 is 15.0 Å². The smallest absolute Gasteiger partial charge is 0.256 e. The molecular formula is C19H16FN3O2S. The van der Waals surface area contributed by atoms with Crippen molar-refractivity contribution in [1.29, 1.82) is 0 Å². The van der Waals surface area contributed by atoms with Crippen molar-refractivity contribution in [2.24, 2.45) is 0 Å². The summed E-state index contributed by atoms with van der Waals surface area (Å²) in [5.41, 5.74) is 0.547. The number of aliphatic hydroxyl groups is 1. The molecule has 7 heteroatoms. The van der Waals surface area contributed by atoms with Gasteiger partial charge in [-0.05, 0) is 37.1 Å². The molecule has 5 rings (SSSR count). The molecule has 0 amide bonds. The van der Waals surface area contributed by atoms with Crippen LogP contribution in [0.25, 0.3) is 31.8 Å². The summed E-state index contributed by atoms with van der Waals surface area (Å²) in [4.78, 5) is 22.1. The van der Waals surface area contributed by atoms with Crippen LogP contribution >= 0.6 is 11.3 Å². The number of thiazole rings is 1. The van der Waals surface area contributed by atoms with Crippen LogP contribution in [0, 0.1) is 5.82 Å². The van der Waals surface area contributed by atoms with E-state index >= 15 is 0 Å². The Labute approximate surface area is 151 Å². The average molecular weight is 369 g/mol. The fraction of sp³-hybridized carbons (Fsp3) is 0.263. The van der Waals surface area contributed by atoms with E-state index in [2.05, 4.69) is 9.88 Å². The molecule has 0 spiro atoms. The highest BCUT2D eigenvalue weighted by Gasteiger charge is 2.27. The lowest BCUT2D eigenvalue weighted by molar-refractivity contribution is 0.266. The highest BCUT2D eigenvalue weighted by Crippen LogP contribution is 2.40. The fourth-order valence-electron chi connectivity index (χ4n) is 3.94. The van der Waals surface area contributed by atoms with Gasteiger partial charge in [-0.2, -0.15) is 0 Å². The summed E-state index contributed by atoms with van der Waals surface area (Å²) in [6, 6.07) is 6.41. The summed E-state index contributed by atoms with van der Waals surface area (Å²) >= 11 is 1.53. The molecule has 0 radical (unpaired) electrons. The van der Waals surface area contributed by atoms with Crippen LogP contribution in [0.3, 0.4) is 0 Å². The van der Waals surface area contributed by atoms with E-state index in [0.29, 0.717) is 10.8 Å². The molecular weight excluding hydrogens is 353 g/mol. The Balaban J connectivity index is 1.90. The van der Waals surface area contributed by atoms with Crippen LogP contribution in [-0.2, 0) is 0 Å². The number of benzene rings is 2. The van der Waals surface area contributed by atoms with Gasteiger partial charge >= 0.3 is 0 Å². The molecule has 1 atom stereocenters. The lowest BCUT2D eigenvalue weighted by Crippen LogP contribution is -2.31. The van der Waals surface area contributed by atoms with E-state index in [1.165, 1.54) is 23.5 Å². The van der Waals surface area contributed by atoms with E-state index in [1.54, 1.807) is 12.3 Å². The summed E-state index contributed by atoms with van der Waals surface area (Å²) in [6.07, 6.45) is 3.58. The van der Waals surface area contributed by atoms with Crippen LogP contribution in [0.15, 0.2) is 35.3 Å². The van der Waals surface area contributed by atoms with E-state index in [9.17, 15) is 14.3 Å². The van der Waals surface area contributed by atoms with Gasteiger partial charge in [0.15, 0.2) is 5.13 Å². The minimum absolute atomic E-state index is 0.0777. The van der Waals surface area contributed by atoms with E-state index in [0.717, 1.165) is 45.5 Å². The molecule has 2 aromatic heterocycles. The van der Waals surface area contributed by atoms with Crippen LogP contribution in [0.2, 0.25) is 0 Å². The average Bonchev–Trinajstić information content (AvgIpc) is 3.28. The van der Waals surface area contributed by atoms with E-state index < -0.39 is 0 Å². The first-order valence-corrected chi connectivity index (χ1v) is 9.39. The first-order chi connectivity index (χ1) is 12.7. The fourth-order valence-corrected chi connectivity index (χ4v) is 5.15. The molecule has 0 bridgehead atoms. The number of hydrogen-bond donors (Lipinski definition) is 2. The third-order valence-electron chi connectivity index (χ3n) is 5.16. The second kappa shape index (κ2) is 5.75. The first-order valence-electron chi connectivity index (χ1n) is 8.58. The second-order valence-corrected chi connectivity index (χ2v) is 7.61. The number of aromatic nitrogens is 2. The van der Waals surface area contributed by atoms with Crippen molar-refractivity contribution in [1.82, 2.24) is 9.97 Å². The van der Waals surface area contributed by atoms with Crippen LogP contribution < -0.4 is 10.5 Å². The van der Waals surface area contributed by atoms with Gasteiger partial charge in [-0.25, -0.2) is 9.37 Å². The van der Waals surface area contributed by atoms with Crippen LogP contribution in [0.5, 0.6) is 0 Å².